The van der Waals surface area contributed by atoms with Crippen molar-refractivity contribution in [1.82, 2.24) is 4.98 Å². The number of halogens is 1. The Hall–Kier alpha value is -1.07. The molecule has 2 heterocycles. The number of thioether (sulfide) groups is 1. The number of hydrogen-bond donors (Lipinski definition) is 1. The number of aromatic amines is 1. The summed E-state index contributed by atoms with van der Waals surface area (Å²) >= 11 is 3.24. The standard InChI is InChI=1S/C17H16FNOS2/c18-11-5-3-8(4-6-11)12-13-9-1-2-10(7-9)14(13)21-16-15(12)22-17(20)19-16/h3-6,9-10,12-14H,1-2,7H2,(H,19,20)/t9-,10-,12+,13+,14-/m0/s1. The third-order valence-electron chi connectivity index (χ3n) is 5.69. The van der Waals surface area contributed by atoms with Gasteiger partial charge in [0.1, 0.15) is 5.82 Å². The van der Waals surface area contributed by atoms with Gasteiger partial charge in [0, 0.05) is 16.0 Å². The van der Waals surface area contributed by atoms with Crippen molar-refractivity contribution in [2.45, 2.75) is 35.5 Å². The number of H-pyrrole nitrogens is 1. The van der Waals surface area contributed by atoms with Gasteiger partial charge in [0.15, 0.2) is 0 Å². The summed E-state index contributed by atoms with van der Waals surface area (Å²) in [5, 5.41) is 1.68. The summed E-state index contributed by atoms with van der Waals surface area (Å²) in [6.45, 7) is 0. The van der Waals surface area contributed by atoms with Gasteiger partial charge in [-0.3, -0.25) is 4.79 Å². The highest BCUT2D eigenvalue weighted by molar-refractivity contribution is 8.00. The van der Waals surface area contributed by atoms with Crippen molar-refractivity contribution >= 4 is 23.1 Å². The quantitative estimate of drug-likeness (QED) is 0.847. The maximum Gasteiger partial charge on any atom is 0.305 e. The topological polar surface area (TPSA) is 32.9 Å². The number of fused-ring (bicyclic) bond motifs is 6. The lowest BCUT2D eigenvalue weighted by molar-refractivity contribution is 0.307. The Bertz CT molecular complexity index is 781. The van der Waals surface area contributed by atoms with E-state index in [0.29, 0.717) is 11.2 Å². The van der Waals surface area contributed by atoms with Crippen LogP contribution in [-0.4, -0.2) is 10.2 Å². The van der Waals surface area contributed by atoms with Crippen molar-refractivity contribution in [3.63, 3.8) is 0 Å². The second-order valence-electron chi connectivity index (χ2n) is 6.73. The zero-order valence-corrected chi connectivity index (χ0v) is 13.6. The van der Waals surface area contributed by atoms with Crippen LogP contribution in [0.3, 0.4) is 0 Å². The van der Waals surface area contributed by atoms with Crippen LogP contribution in [0.2, 0.25) is 0 Å². The van der Waals surface area contributed by atoms with Crippen molar-refractivity contribution in [2.24, 2.45) is 17.8 Å². The Morgan fingerprint density at radius 2 is 1.91 bits per heavy atom. The fraction of sp³-hybridized carbons (Fsp3) is 0.471. The third-order valence-corrected chi connectivity index (χ3v) is 8.32. The first-order valence-electron chi connectivity index (χ1n) is 7.86. The predicted octanol–water partition coefficient (Wildman–Crippen LogP) is 4.23. The number of rotatable bonds is 1. The molecule has 0 unspecified atom stereocenters. The van der Waals surface area contributed by atoms with E-state index >= 15 is 0 Å². The van der Waals surface area contributed by atoms with Gasteiger partial charge in [0.25, 0.3) is 0 Å². The molecule has 2 aromatic rings. The number of thiazole rings is 1. The van der Waals surface area contributed by atoms with Crippen LogP contribution in [0.1, 0.15) is 35.6 Å². The zero-order valence-electron chi connectivity index (χ0n) is 11.9. The fourth-order valence-electron chi connectivity index (χ4n) is 4.89. The van der Waals surface area contributed by atoms with Crippen LogP contribution < -0.4 is 4.87 Å². The molecule has 1 N–H and O–H groups in total. The van der Waals surface area contributed by atoms with E-state index in [-0.39, 0.29) is 16.6 Å². The molecule has 5 atom stereocenters. The lowest BCUT2D eigenvalue weighted by Crippen LogP contribution is -2.33. The maximum absolute atomic E-state index is 13.3. The summed E-state index contributed by atoms with van der Waals surface area (Å²) < 4.78 is 13.3. The molecule has 1 aromatic heterocycles. The molecule has 1 aliphatic heterocycles. The minimum absolute atomic E-state index is 0.0388. The summed E-state index contributed by atoms with van der Waals surface area (Å²) in [4.78, 5) is 16.1. The molecule has 0 spiro atoms. The van der Waals surface area contributed by atoms with E-state index in [1.165, 1.54) is 41.0 Å². The van der Waals surface area contributed by atoms with E-state index in [0.717, 1.165) is 16.9 Å². The second kappa shape index (κ2) is 4.71. The molecule has 1 aromatic carbocycles. The maximum atomic E-state index is 13.3. The Labute approximate surface area is 136 Å². The van der Waals surface area contributed by atoms with Crippen molar-refractivity contribution in [3.05, 3.63) is 50.2 Å². The molecule has 5 heteroatoms. The Kier molecular flexibility index (Phi) is 2.87. The number of nitrogens with one attached hydrogen (secondary N) is 1. The highest BCUT2D eigenvalue weighted by Gasteiger charge is 2.54. The van der Waals surface area contributed by atoms with Crippen LogP contribution in [0, 0.1) is 23.6 Å². The fourth-order valence-corrected chi connectivity index (χ4v) is 7.79. The van der Waals surface area contributed by atoms with Crippen LogP contribution in [0.15, 0.2) is 34.1 Å². The van der Waals surface area contributed by atoms with Crippen LogP contribution >= 0.6 is 23.1 Å². The van der Waals surface area contributed by atoms with E-state index < -0.39 is 0 Å². The van der Waals surface area contributed by atoms with Crippen LogP contribution in [-0.2, 0) is 0 Å². The molecular weight excluding hydrogens is 317 g/mol. The first kappa shape index (κ1) is 13.4. The van der Waals surface area contributed by atoms with Gasteiger partial charge < -0.3 is 4.98 Å². The average Bonchev–Trinajstić information content (AvgIpc) is 3.19. The summed E-state index contributed by atoms with van der Waals surface area (Å²) in [6, 6.07) is 6.92. The monoisotopic (exact) mass is 333 g/mol. The molecule has 5 rings (SSSR count). The summed E-state index contributed by atoms with van der Waals surface area (Å²) in [7, 11) is 0. The van der Waals surface area contributed by atoms with Crippen LogP contribution in [0.25, 0.3) is 0 Å². The normalized spacial score (nSPS) is 35.4. The van der Waals surface area contributed by atoms with E-state index in [9.17, 15) is 9.18 Å². The van der Waals surface area contributed by atoms with Crippen molar-refractivity contribution in [1.29, 1.82) is 0 Å². The number of aromatic nitrogens is 1. The summed E-state index contributed by atoms with van der Waals surface area (Å²) in [5.41, 5.74) is 1.17. The van der Waals surface area contributed by atoms with Gasteiger partial charge in [0.2, 0.25) is 0 Å². The van der Waals surface area contributed by atoms with E-state index in [4.69, 9.17) is 0 Å². The first-order valence-corrected chi connectivity index (χ1v) is 9.55. The molecule has 2 saturated carbocycles. The molecule has 2 nitrogen and oxygen atoms in total. The first-order chi connectivity index (χ1) is 10.7. The minimum Gasteiger partial charge on any atom is -0.307 e. The van der Waals surface area contributed by atoms with Crippen molar-refractivity contribution in [2.75, 3.05) is 0 Å². The highest BCUT2D eigenvalue weighted by Crippen LogP contribution is 2.63. The smallest absolute Gasteiger partial charge is 0.305 e. The van der Waals surface area contributed by atoms with E-state index in [1.54, 1.807) is 12.1 Å². The van der Waals surface area contributed by atoms with Gasteiger partial charge in [-0.1, -0.05) is 23.5 Å². The molecule has 0 radical (unpaired) electrons. The van der Waals surface area contributed by atoms with Gasteiger partial charge in [0.05, 0.1) is 5.03 Å². The summed E-state index contributed by atoms with van der Waals surface area (Å²) in [6.07, 6.45) is 3.98. The molecule has 114 valence electrons. The molecule has 0 saturated heterocycles. The Balaban J connectivity index is 1.68. The molecule has 22 heavy (non-hydrogen) atoms. The minimum atomic E-state index is -0.194. The molecule has 2 aliphatic carbocycles. The van der Waals surface area contributed by atoms with Gasteiger partial charge in [-0.25, -0.2) is 4.39 Å². The summed E-state index contributed by atoms with van der Waals surface area (Å²) in [5.74, 6) is 2.23. The van der Waals surface area contributed by atoms with Gasteiger partial charge in [-0.05, 0) is 54.7 Å². The highest BCUT2D eigenvalue weighted by atomic mass is 32.2. The lowest BCUT2D eigenvalue weighted by atomic mass is 9.75. The van der Waals surface area contributed by atoms with Gasteiger partial charge in [-0.2, -0.15) is 0 Å². The third kappa shape index (κ3) is 1.81. The van der Waals surface area contributed by atoms with Crippen LogP contribution in [0.4, 0.5) is 4.39 Å². The molecule has 2 fully saturated rings. The van der Waals surface area contributed by atoms with E-state index in [2.05, 4.69) is 4.98 Å². The molecule has 3 aliphatic rings. The van der Waals surface area contributed by atoms with Gasteiger partial charge >= 0.3 is 4.87 Å². The zero-order chi connectivity index (χ0) is 14.8. The largest absolute Gasteiger partial charge is 0.307 e. The SMILES string of the molecule is O=c1[nH]c2c(s1)[C@H](c1ccc(F)cc1)[C@H]1[C@H]3CC[C@@H](C3)[C@@H]1S2. The Morgan fingerprint density at radius 1 is 1.14 bits per heavy atom. The van der Waals surface area contributed by atoms with Crippen molar-refractivity contribution < 1.29 is 4.39 Å². The average molecular weight is 333 g/mol. The second-order valence-corrected chi connectivity index (χ2v) is 8.93. The molecule has 2 bridgehead atoms. The Morgan fingerprint density at radius 3 is 2.73 bits per heavy atom. The molecular formula is C17H16FNOS2. The van der Waals surface area contributed by atoms with Gasteiger partial charge in [-0.15, -0.1) is 11.8 Å². The number of benzene rings is 1. The van der Waals surface area contributed by atoms with E-state index in [1.807, 2.05) is 23.9 Å². The predicted molar refractivity (Wildman–Crippen MR) is 87.1 cm³/mol. The number of hydrogen-bond acceptors (Lipinski definition) is 3. The van der Waals surface area contributed by atoms with Crippen LogP contribution in [0.5, 0.6) is 0 Å². The molecule has 0 amide bonds. The van der Waals surface area contributed by atoms with Crippen molar-refractivity contribution in [3.8, 4) is 0 Å². The lowest BCUT2D eigenvalue weighted by Gasteiger charge is -2.40.